The van der Waals surface area contributed by atoms with Crippen molar-refractivity contribution < 1.29 is 9.53 Å². The van der Waals surface area contributed by atoms with Gasteiger partial charge in [-0.3, -0.25) is 14.6 Å². The minimum atomic E-state index is 0.0588. The zero-order valence-corrected chi connectivity index (χ0v) is 14.8. The van der Waals surface area contributed by atoms with Crippen LogP contribution in [-0.4, -0.2) is 30.6 Å². The number of rotatable bonds is 2. The third kappa shape index (κ3) is 2.44. The van der Waals surface area contributed by atoms with Crippen molar-refractivity contribution in [2.24, 2.45) is 0 Å². The van der Waals surface area contributed by atoms with Crippen LogP contribution in [0.1, 0.15) is 36.0 Å². The lowest BCUT2D eigenvalue weighted by atomic mass is 10.0. The molecule has 1 fully saturated rings. The Labute approximate surface area is 153 Å². The molecule has 5 rings (SSSR count). The van der Waals surface area contributed by atoms with Crippen LogP contribution in [-0.2, 0) is 16.1 Å². The molecule has 0 atom stereocenters. The molecular formula is C22H22N2O2. The van der Waals surface area contributed by atoms with Crippen LogP contribution in [0.3, 0.4) is 0 Å². The van der Waals surface area contributed by atoms with Crippen molar-refractivity contribution in [1.29, 1.82) is 0 Å². The maximum absolute atomic E-state index is 13.4. The second kappa shape index (κ2) is 6.29. The molecule has 0 spiro atoms. The molecular weight excluding hydrogens is 324 g/mol. The lowest BCUT2D eigenvalue weighted by molar-refractivity contribution is -0.113. The molecule has 1 saturated heterocycles. The van der Waals surface area contributed by atoms with E-state index in [4.69, 9.17) is 4.74 Å². The van der Waals surface area contributed by atoms with Crippen molar-refractivity contribution in [3.63, 3.8) is 0 Å². The average Bonchev–Trinajstić information content (AvgIpc) is 3.22. The van der Waals surface area contributed by atoms with Gasteiger partial charge in [-0.15, -0.1) is 0 Å². The maximum Gasteiger partial charge on any atom is 0.263 e. The molecule has 3 aliphatic rings. The molecule has 0 radical (unpaired) electrons. The molecule has 132 valence electrons. The minimum Gasteiger partial charge on any atom is -0.487 e. The molecule has 4 nitrogen and oxygen atoms in total. The fraction of sp³-hybridized carbons (Fsp3) is 0.318. The van der Waals surface area contributed by atoms with Gasteiger partial charge in [-0.1, -0.05) is 48.9 Å². The first kappa shape index (κ1) is 15.6. The van der Waals surface area contributed by atoms with E-state index >= 15 is 0 Å². The summed E-state index contributed by atoms with van der Waals surface area (Å²) >= 11 is 0. The zero-order valence-electron chi connectivity index (χ0n) is 14.8. The average molecular weight is 346 g/mol. The molecule has 0 aromatic heterocycles. The number of amides is 1. The highest BCUT2D eigenvalue weighted by molar-refractivity contribution is 6.37. The molecule has 0 N–H and O–H groups in total. The van der Waals surface area contributed by atoms with Crippen LogP contribution in [0.25, 0.3) is 11.3 Å². The number of ether oxygens (including phenoxy) is 1. The van der Waals surface area contributed by atoms with E-state index in [2.05, 4.69) is 11.0 Å². The second-order valence-corrected chi connectivity index (χ2v) is 7.22. The maximum atomic E-state index is 13.4. The van der Waals surface area contributed by atoms with Crippen LogP contribution in [0.15, 0.2) is 48.5 Å². The van der Waals surface area contributed by atoms with Crippen LogP contribution < -0.4 is 4.90 Å². The molecule has 4 heteroatoms. The Balaban J connectivity index is 1.58. The first-order valence-corrected chi connectivity index (χ1v) is 9.42. The van der Waals surface area contributed by atoms with Gasteiger partial charge in [0.1, 0.15) is 12.4 Å². The minimum absolute atomic E-state index is 0.0588. The van der Waals surface area contributed by atoms with Crippen LogP contribution in [0.5, 0.6) is 0 Å². The predicted molar refractivity (Wildman–Crippen MR) is 102 cm³/mol. The van der Waals surface area contributed by atoms with Crippen LogP contribution >= 0.6 is 0 Å². The Hall–Kier alpha value is -2.59. The summed E-state index contributed by atoms with van der Waals surface area (Å²) in [7, 11) is 0. The Morgan fingerprint density at radius 2 is 1.62 bits per heavy atom. The number of piperidine rings is 1. The molecule has 0 bridgehead atoms. The predicted octanol–water partition coefficient (Wildman–Crippen LogP) is 3.88. The fourth-order valence-corrected chi connectivity index (χ4v) is 4.24. The van der Waals surface area contributed by atoms with Crippen molar-refractivity contribution in [3.05, 3.63) is 65.2 Å². The SMILES string of the molecule is O=C1/C(=C2\OCc3ccccc32)c2ccccc2N1CN1CCCCC1. The van der Waals surface area contributed by atoms with Gasteiger partial charge in [0.05, 0.1) is 17.9 Å². The van der Waals surface area contributed by atoms with Crippen LogP contribution in [0.2, 0.25) is 0 Å². The highest BCUT2D eigenvalue weighted by atomic mass is 16.5. The number of fused-ring (bicyclic) bond motifs is 2. The molecule has 0 aliphatic carbocycles. The first-order valence-electron chi connectivity index (χ1n) is 9.42. The van der Waals surface area contributed by atoms with Crippen LogP contribution in [0, 0.1) is 0 Å². The fourth-order valence-electron chi connectivity index (χ4n) is 4.24. The normalized spacial score (nSPS) is 22.3. The number of hydrogen-bond acceptors (Lipinski definition) is 3. The Morgan fingerprint density at radius 3 is 2.46 bits per heavy atom. The topological polar surface area (TPSA) is 32.8 Å². The van der Waals surface area contributed by atoms with Gasteiger partial charge in [0, 0.05) is 16.7 Å². The van der Waals surface area contributed by atoms with Gasteiger partial charge in [0.2, 0.25) is 0 Å². The van der Waals surface area contributed by atoms with Crippen molar-refractivity contribution >= 4 is 22.9 Å². The summed E-state index contributed by atoms with van der Waals surface area (Å²) in [5.74, 6) is 0.794. The van der Waals surface area contributed by atoms with Gasteiger partial charge < -0.3 is 4.74 Å². The molecule has 3 heterocycles. The smallest absolute Gasteiger partial charge is 0.263 e. The first-order chi connectivity index (χ1) is 12.8. The quantitative estimate of drug-likeness (QED) is 0.774. The van der Waals surface area contributed by atoms with E-state index in [0.29, 0.717) is 18.8 Å². The highest BCUT2D eigenvalue weighted by Crippen LogP contribution is 2.44. The Morgan fingerprint density at radius 1 is 0.885 bits per heavy atom. The molecule has 1 amide bonds. The summed E-state index contributed by atoms with van der Waals surface area (Å²) in [5.41, 5.74) is 4.89. The Kier molecular flexibility index (Phi) is 3.79. The summed E-state index contributed by atoms with van der Waals surface area (Å²) in [6, 6.07) is 16.2. The second-order valence-electron chi connectivity index (χ2n) is 7.22. The molecule has 26 heavy (non-hydrogen) atoms. The number of para-hydroxylation sites is 1. The molecule has 3 aliphatic heterocycles. The molecule has 0 saturated carbocycles. The van der Waals surface area contributed by atoms with E-state index in [1.54, 1.807) is 0 Å². The summed E-state index contributed by atoms with van der Waals surface area (Å²) < 4.78 is 5.99. The number of benzene rings is 2. The molecule has 2 aromatic carbocycles. The van der Waals surface area contributed by atoms with Gasteiger partial charge in [-0.05, 0) is 32.0 Å². The van der Waals surface area contributed by atoms with Gasteiger partial charge in [0.15, 0.2) is 0 Å². The number of anilines is 1. The highest BCUT2D eigenvalue weighted by Gasteiger charge is 2.38. The number of nitrogens with zero attached hydrogens (tertiary/aromatic N) is 2. The summed E-state index contributed by atoms with van der Waals surface area (Å²) in [5, 5.41) is 0. The van der Waals surface area contributed by atoms with Crippen LogP contribution in [0.4, 0.5) is 5.69 Å². The summed E-state index contributed by atoms with van der Waals surface area (Å²) in [6.45, 7) is 3.33. The van der Waals surface area contributed by atoms with E-state index in [0.717, 1.165) is 41.2 Å². The third-order valence-corrected chi connectivity index (χ3v) is 5.57. The van der Waals surface area contributed by atoms with E-state index in [9.17, 15) is 4.79 Å². The van der Waals surface area contributed by atoms with E-state index in [-0.39, 0.29) is 5.91 Å². The monoisotopic (exact) mass is 346 g/mol. The van der Waals surface area contributed by atoms with Gasteiger partial charge >= 0.3 is 0 Å². The van der Waals surface area contributed by atoms with Gasteiger partial charge in [0.25, 0.3) is 5.91 Å². The van der Waals surface area contributed by atoms with Crippen molar-refractivity contribution in [1.82, 2.24) is 4.90 Å². The van der Waals surface area contributed by atoms with Gasteiger partial charge in [-0.2, -0.15) is 0 Å². The standard InChI is InChI=1S/C22H22N2O2/c25-22-20(21-17-9-3-2-8-16(17)14-26-21)18-10-4-5-11-19(18)24(22)15-23-12-6-1-7-13-23/h2-5,8-11H,1,6-7,12-15H2/b21-20-. The molecule has 2 aromatic rings. The lowest BCUT2D eigenvalue weighted by Crippen LogP contribution is -2.42. The van der Waals surface area contributed by atoms with E-state index < -0.39 is 0 Å². The van der Waals surface area contributed by atoms with Crippen molar-refractivity contribution in [2.75, 3.05) is 24.7 Å². The number of carbonyl (C=O) groups excluding carboxylic acids is 1. The number of carbonyl (C=O) groups is 1. The summed E-state index contributed by atoms with van der Waals surface area (Å²) in [6.07, 6.45) is 3.73. The third-order valence-electron chi connectivity index (χ3n) is 5.57. The van der Waals surface area contributed by atoms with E-state index in [1.807, 2.05) is 47.4 Å². The zero-order chi connectivity index (χ0) is 17.5. The largest absolute Gasteiger partial charge is 0.487 e. The van der Waals surface area contributed by atoms with Crippen molar-refractivity contribution in [2.45, 2.75) is 25.9 Å². The Bertz CT molecular complexity index is 897. The summed E-state index contributed by atoms with van der Waals surface area (Å²) in [4.78, 5) is 17.7. The molecule has 0 unspecified atom stereocenters. The number of likely N-dealkylation sites (tertiary alicyclic amines) is 1. The van der Waals surface area contributed by atoms with Crippen molar-refractivity contribution in [3.8, 4) is 0 Å². The van der Waals surface area contributed by atoms with E-state index in [1.165, 1.54) is 19.3 Å². The number of hydrogen-bond donors (Lipinski definition) is 0. The van der Waals surface area contributed by atoms with Gasteiger partial charge in [-0.25, -0.2) is 0 Å². The lowest BCUT2D eigenvalue weighted by Gasteiger charge is -2.30.